The zero-order chi connectivity index (χ0) is 31.8. The lowest BCUT2D eigenvalue weighted by atomic mass is 9.68. The minimum atomic E-state index is -3.92. The summed E-state index contributed by atoms with van der Waals surface area (Å²) < 4.78 is 41.2. The average Bonchev–Trinajstić information content (AvgIpc) is 3.15. The van der Waals surface area contributed by atoms with Crippen LogP contribution in [0.3, 0.4) is 0 Å². The van der Waals surface area contributed by atoms with E-state index < -0.39 is 27.3 Å². The topological polar surface area (TPSA) is 125 Å². The van der Waals surface area contributed by atoms with Gasteiger partial charge in [0.1, 0.15) is 11.9 Å². The molecule has 0 radical (unpaired) electrons. The van der Waals surface area contributed by atoms with Gasteiger partial charge in [-0.25, -0.2) is 13.1 Å². The van der Waals surface area contributed by atoms with Gasteiger partial charge in [0.15, 0.2) is 0 Å². The average molecular weight is 659 g/mol. The van der Waals surface area contributed by atoms with Gasteiger partial charge in [0, 0.05) is 29.1 Å². The van der Waals surface area contributed by atoms with Gasteiger partial charge in [-0.2, -0.15) is 0 Å². The van der Waals surface area contributed by atoms with Crippen molar-refractivity contribution in [2.24, 2.45) is 11.8 Å². The number of ether oxygens (including phenoxy) is 2. The molecule has 1 saturated carbocycles. The van der Waals surface area contributed by atoms with Crippen LogP contribution in [0.1, 0.15) is 66.9 Å². The predicted molar refractivity (Wildman–Crippen MR) is 173 cm³/mol. The van der Waals surface area contributed by atoms with Gasteiger partial charge in [-0.15, -0.1) is 0 Å². The third-order valence-corrected chi connectivity index (χ3v) is 12.2. The minimum absolute atomic E-state index is 0.0116. The Hall–Kier alpha value is -2.63. The molecule has 6 rings (SSSR count). The summed E-state index contributed by atoms with van der Waals surface area (Å²) in [6, 6.07) is 11.3. The number of nitrogens with one attached hydrogen (secondary N) is 1. The number of nitrogens with zero attached hydrogens (tertiary/aromatic N) is 1. The minimum Gasteiger partial charge on any atom is -0.490 e. The molecule has 2 aliphatic heterocycles. The van der Waals surface area contributed by atoms with E-state index in [1.54, 1.807) is 25.1 Å². The number of halogens is 1. The summed E-state index contributed by atoms with van der Waals surface area (Å²) >= 11 is 6.41. The first-order valence-corrected chi connectivity index (χ1v) is 17.9. The fraction of sp³-hybridized carbons (Fsp3) is 0.559. The molecule has 4 aliphatic rings. The SMILES string of the molecule is C[C@@H]1CC/C=C/[C@H](OC[C@@H](O)CO)[C@@H]2CC[C@H]2CN2C[C@@]3(CCCc4cc(Cl)ccc43)COc3ccc(cc32)C(=O)NS1(=O)=O. The molecule has 1 spiro atoms. The van der Waals surface area contributed by atoms with Crippen LogP contribution in [0.25, 0.3) is 0 Å². The molecule has 1 fully saturated rings. The molecule has 2 aromatic carbocycles. The van der Waals surface area contributed by atoms with Crippen molar-refractivity contribution in [3.05, 3.63) is 70.3 Å². The van der Waals surface area contributed by atoms with E-state index in [2.05, 4.69) is 21.8 Å². The zero-order valence-corrected chi connectivity index (χ0v) is 27.2. The molecule has 11 heteroatoms. The van der Waals surface area contributed by atoms with Crippen LogP contribution >= 0.6 is 11.6 Å². The number of rotatable bonds is 4. The van der Waals surface area contributed by atoms with Crippen LogP contribution in [0, 0.1) is 11.8 Å². The van der Waals surface area contributed by atoms with Crippen molar-refractivity contribution in [3.8, 4) is 5.75 Å². The summed E-state index contributed by atoms with van der Waals surface area (Å²) in [4.78, 5) is 15.6. The Morgan fingerprint density at radius 1 is 1.20 bits per heavy atom. The highest BCUT2D eigenvalue weighted by atomic mass is 35.5. The molecular formula is C34H43ClN2O7S. The number of carbonyl (C=O) groups is 1. The third-order valence-electron chi connectivity index (χ3n) is 10.2. The van der Waals surface area contributed by atoms with Crippen LogP contribution in [-0.2, 0) is 26.6 Å². The van der Waals surface area contributed by atoms with E-state index in [-0.39, 0.29) is 42.1 Å². The third kappa shape index (κ3) is 6.76. The van der Waals surface area contributed by atoms with E-state index in [4.69, 9.17) is 21.1 Å². The first kappa shape index (κ1) is 32.3. The maximum absolute atomic E-state index is 13.3. The lowest BCUT2D eigenvalue weighted by Crippen LogP contribution is -2.50. The van der Waals surface area contributed by atoms with Gasteiger partial charge >= 0.3 is 0 Å². The summed E-state index contributed by atoms with van der Waals surface area (Å²) in [7, 11) is -3.92. The molecule has 2 aliphatic carbocycles. The lowest BCUT2D eigenvalue weighted by Gasteiger charge is -2.46. The van der Waals surface area contributed by atoms with Crippen molar-refractivity contribution in [3.63, 3.8) is 0 Å². The summed E-state index contributed by atoms with van der Waals surface area (Å²) in [5.41, 5.74) is 3.22. The molecule has 9 nitrogen and oxygen atoms in total. The second kappa shape index (κ2) is 13.2. The number of anilines is 1. The largest absolute Gasteiger partial charge is 0.490 e. The number of allylic oxidation sites excluding steroid dienone is 1. The van der Waals surface area contributed by atoms with Crippen molar-refractivity contribution in [1.29, 1.82) is 0 Å². The van der Waals surface area contributed by atoms with Crippen LogP contribution in [0.4, 0.5) is 5.69 Å². The predicted octanol–water partition coefficient (Wildman–Crippen LogP) is 4.38. The molecule has 2 aromatic rings. The summed E-state index contributed by atoms with van der Waals surface area (Å²) in [5.74, 6) is 0.457. The van der Waals surface area contributed by atoms with Gasteiger partial charge in [-0.05, 0) is 105 Å². The lowest BCUT2D eigenvalue weighted by molar-refractivity contribution is -0.0584. The standard InChI is InChI=1S/C34H43ClN2O7S/c1-22-5-2-3-7-31(43-19-27(39)18-38)28-11-8-25(28)17-37-20-34(14-4-6-23-15-26(35)10-12-29(23)34)21-44-32-13-9-24(16-30(32)37)33(40)36-45(22,41)42/h3,7,9-10,12-13,15-16,22,25,27-28,31,38-39H,2,4-6,8,11,14,17-21H2,1H3,(H,36,40)/b7-3+/t22-,25+,27+,28-,31+,34+/m1/s1. The van der Waals surface area contributed by atoms with E-state index in [9.17, 15) is 23.4 Å². The Labute approximate surface area is 270 Å². The molecule has 1 amide bonds. The summed E-state index contributed by atoms with van der Waals surface area (Å²) in [5, 5.41) is 19.4. The summed E-state index contributed by atoms with van der Waals surface area (Å²) in [6.07, 6.45) is 8.33. The van der Waals surface area contributed by atoms with Crippen molar-refractivity contribution < 1.29 is 32.9 Å². The second-order valence-electron chi connectivity index (χ2n) is 13.2. The van der Waals surface area contributed by atoms with Crippen molar-refractivity contribution in [2.45, 2.75) is 74.7 Å². The van der Waals surface area contributed by atoms with E-state index in [1.165, 1.54) is 11.1 Å². The van der Waals surface area contributed by atoms with Gasteiger partial charge in [0.05, 0.1) is 36.9 Å². The Morgan fingerprint density at radius 3 is 2.82 bits per heavy atom. The quantitative estimate of drug-likeness (QED) is 0.414. The number of aliphatic hydroxyl groups is 2. The van der Waals surface area contributed by atoms with Gasteiger partial charge in [0.25, 0.3) is 5.91 Å². The Bertz CT molecular complexity index is 1550. The molecule has 244 valence electrons. The van der Waals surface area contributed by atoms with Crippen LogP contribution in [-0.4, -0.2) is 74.9 Å². The monoisotopic (exact) mass is 658 g/mol. The highest BCUT2D eigenvalue weighted by Gasteiger charge is 2.44. The molecule has 45 heavy (non-hydrogen) atoms. The number of hydrogen-bond donors (Lipinski definition) is 3. The first-order valence-electron chi connectivity index (χ1n) is 16.0. The fourth-order valence-electron chi connectivity index (χ4n) is 7.39. The van der Waals surface area contributed by atoms with Crippen molar-refractivity contribution in [1.82, 2.24) is 4.72 Å². The molecular weight excluding hydrogens is 616 g/mol. The van der Waals surface area contributed by atoms with Crippen LogP contribution in [0.15, 0.2) is 48.6 Å². The van der Waals surface area contributed by atoms with E-state index in [0.717, 1.165) is 42.8 Å². The van der Waals surface area contributed by atoms with E-state index in [1.807, 2.05) is 18.2 Å². The van der Waals surface area contributed by atoms with Crippen molar-refractivity contribution >= 4 is 33.2 Å². The molecule has 3 N–H and O–H groups in total. The number of amides is 1. The first-order chi connectivity index (χ1) is 21.6. The number of sulfonamides is 1. The number of aryl methyl sites for hydroxylation is 1. The maximum Gasteiger partial charge on any atom is 0.264 e. The van der Waals surface area contributed by atoms with Gasteiger partial charge in [-0.3, -0.25) is 4.79 Å². The van der Waals surface area contributed by atoms with Gasteiger partial charge in [-0.1, -0.05) is 29.8 Å². The molecule has 2 heterocycles. The smallest absolute Gasteiger partial charge is 0.264 e. The number of fused-ring (bicyclic) bond motifs is 4. The molecule has 2 bridgehead atoms. The normalized spacial score (nSPS) is 30.9. The fourth-order valence-corrected chi connectivity index (χ4v) is 8.61. The second-order valence-corrected chi connectivity index (χ2v) is 15.8. The van der Waals surface area contributed by atoms with E-state index >= 15 is 0 Å². The molecule has 0 aromatic heterocycles. The molecule has 0 saturated heterocycles. The Morgan fingerprint density at radius 2 is 2.04 bits per heavy atom. The highest BCUT2D eigenvalue weighted by molar-refractivity contribution is 7.90. The van der Waals surface area contributed by atoms with Gasteiger partial charge in [0.2, 0.25) is 10.0 Å². The molecule has 0 unspecified atom stereocenters. The number of aliphatic hydroxyl groups excluding tert-OH is 2. The Kier molecular flexibility index (Phi) is 9.51. The Balaban J connectivity index is 1.40. The molecule has 6 atom stereocenters. The van der Waals surface area contributed by atoms with Crippen LogP contribution < -0.4 is 14.4 Å². The van der Waals surface area contributed by atoms with Crippen LogP contribution in [0.2, 0.25) is 5.02 Å². The van der Waals surface area contributed by atoms with Crippen molar-refractivity contribution in [2.75, 3.05) is 37.8 Å². The zero-order valence-electron chi connectivity index (χ0n) is 25.7. The maximum atomic E-state index is 13.3. The number of benzene rings is 2. The highest BCUT2D eigenvalue weighted by Crippen LogP contribution is 2.47. The van der Waals surface area contributed by atoms with Crippen LogP contribution in [0.5, 0.6) is 5.75 Å². The number of carbonyl (C=O) groups excluding carboxylic acids is 1. The number of hydrogen-bond acceptors (Lipinski definition) is 8. The summed E-state index contributed by atoms with van der Waals surface area (Å²) in [6.45, 7) is 3.07. The van der Waals surface area contributed by atoms with Gasteiger partial charge < -0.3 is 24.6 Å². The van der Waals surface area contributed by atoms with E-state index in [0.29, 0.717) is 38.3 Å².